The predicted octanol–water partition coefficient (Wildman–Crippen LogP) is 6.15. The molecule has 0 unspecified atom stereocenters. The van der Waals surface area contributed by atoms with Gasteiger partial charge in [-0.15, -0.1) is 0 Å². The lowest BCUT2D eigenvalue weighted by Crippen LogP contribution is -2.33. The van der Waals surface area contributed by atoms with Crippen molar-refractivity contribution in [3.05, 3.63) is 24.3 Å². The van der Waals surface area contributed by atoms with Crippen LogP contribution in [0.4, 0.5) is 4.79 Å². The van der Waals surface area contributed by atoms with Crippen molar-refractivity contribution in [2.24, 2.45) is 16.7 Å². The van der Waals surface area contributed by atoms with E-state index in [1.807, 2.05) is 27.7 Å². The maximum Gasteiger partial charge on any atom is 0.508 e. The van der Waals surface area contributed by atoms with Gasteiger partial charge >= 0.3 is 6.16 Å². The fraction of sp³-hybridized carbons (Fsp3) is 0.750. The fourth-order valence-corrected chi connectivity index (χ4v) is 2.34. The van der Waals surface area contributed by atoms with Crippen molar-refractivity contribution in [3.8, 4) is 0 Å². The van der Waals surface area contributed by atoms with E-state index in [4.69, 9.17) is 9.47 Å². The van der Waals surface area contributed by atoms with Crippen LogP contribution < -0.4 is 0 Å². The Hall–Kier alpha value is -1.25. The van der Waals surface area contributed by atoms with Crippen molar-refractivity contribution < 1.29 is 14.3 Å². The van der Waals surface area contributed by atoms with Gasteiger partial charge in [0.05, 0.1) is 6.61 Å². The van der Waals surface area contributed by atoms with Gasteiger partial charge in [-0.25, -0.2) is 4.79 Å². The molecule has 0 N–H and O–H groups in total. The Morgan fingerprint density at radius 1 is 0.957 bits per heavy atom. The second-order valence-electron chi connectivity index (χ2n) is 9.07. The van der Waals surface area contributed by atoms with Crippen LogP contribution in [0.2, 0.25) is 0 Å². The highest BCUT2D eigenvalue weighted by molar-refractivity contribution is 5.60. The fourth-order valence-electron chi connectivity index (χ4n) is 2.34. The summed E-state index contributed by atoms with van der Waals surface area (Å²) in [6, 6.07) is 0. The van der Waals surface area contributed by atoms with Gasteiger partial charge in [0.25, 0.3) is 0 Å². The molecule has 0 saturated heterocycles. The quantitative estimate of drug-likeness (QED) is 0.416. The van der Waals surface area contributed by atoms with E-state index in [9.17, 15) is 4.79 Å². The molecule has 0 rings (SSSR count). The molecule has 0 heterocycles. The first-order valence-electron chi connectivity index (χ1n) is 8.45. The molecule has 134 valence electrons. The summed E-state index contributed by atoms with van der Waals surface area (Å²) in [5, 5.41) is 0. The molecular formula is C20H36O3. The predicted molar refractivity (Wildman–Crippen MR) is 97.5 cm³/mol. The first kappa shape index (κ1) is 21.8. The normalized spacial score (nSPS) is 14.0. The highest BCUT2D eigenvalue weighted by Gasteiger charge is 2.31. The maximum atomic E-state index is 11.7. The molecule has 0 spiro atoms. The molecule has 0 atom stereocenters. The third kappa shape index (κ3) is 12.9. The van der Waals surface area contributed by atoms with Crippen LogP contribution in [0, 0.1) is 16.7 Å². The third-order valence-corrected chi connectivity index (χ3v) is 3.03. The van der Waals surface area contributed by atoms with Crippen molar-refractivity contribution in [2.45, 2.75) is 74.3 Å². The van der Waals surface area contributed by atoms with Gasteiger partial charge in [-0.1, -0.05) is 72.8 Å². The number of carbonyl (C=O) groups excluding carboxylic acids is 1. The Balaban J connectivity index is 4.58. The summed E-state index contributed by atoms with van der Waals surface area (Å²) >= 11 is 0. The monoisotopic (exact) mass is 324 g/mol. The van der Waals surface area contributed by atoms with Crippen LogP contribution in [0.5, 0.6) is 0 Å². The molecule has 0 aliphatic rings. The van der Waals surface area contributed by atoms with Crippen LogP contribution in [-0.4, -0.2) is 18.4 Å². The Bertz CT molecular complexity index is 421. The lowest BCUT2D eigenvalue weighted by Gasteiger charge is -2.32. The van der Waals surface area contributed by atoms with Crippen LogP contribution in [0.1, 0.15) is 68.7 Å². The second kappa shape index (κ2) is 8.56. The van der Waals surface area contributed by atoms with E-state index in [-0.39, 0.29) is 10.8 Å². The van der Waals surface area contributed by atoms with Crippen molar-refractivity contribution in [2.75, 3.05) is 6.61 Å². The zero-order chi connectivity index (χ0) is 18.3. The Kier molecular flexibility index (Phi) is 8.09. The minimum Gasteiger partial charge on any atom is -0.434 e. The molecule has 0 aliphatic carbocycles. The second-order valence-corrected chi connectivity index (χ2v) is 9.07. The molecule has 0 fully saturated rings. The van der Waals surface area contributed by atoms with E-state index in [0.717, 1.165) is 6.42 Å². The SMILES string of the molecule is CC(C)COC(=O)OC(C)(C)CC(C)(C)/C=C\C=C\C(C)(C)C. The highest BCUT2D eigenvalue weighted by Crippen LogP contribution is 2.32. The van der Waals surface area contributed by atoms with Gasteiger partial charge < -0.3 is 9.47 Å². The largest absolute Gasteiger partial charge is 0.508 e. The van der Waals surface area contributed by atoms with Crippen molar-refractivity contribution in [1.82, 2.24) is 0 Å². The molecule has 0 bridgehead atoms. The van der Waals surface area contributed by atoms with Crippen molar-refractivity contribution >= 4 is 6.16 Å². The van der Waals surface area contributed by atoms with E-state index in [2.05, 4.69) is 58.9 Å². The maximum absolute atomic E-state index is 11.7. The van der Waals surface area contributed by atoms with Crippen molar-refractivity contribution in [3.63, 3.8) is 0 Å². The third-order valence-electron chi connectivity index (χ3n) is 3.03. The smallest absolute Gasteiger partial charge is 0.434 e. The van der Waals surface area contributed by atoms with Gasteiger partial charge in [0.15, 0.2) is 0 Å². The first-order valence-corrected chi connectivity index (χ1v) is 8.45. The minimum atomic E-state index is -0.587. The number of ether oxygens (including phenoxy) is 2. The number of carbonyl (C=O) groups is 1. The molecule has 0 aromatic rings. The molecule has 3 nitrogen and oxygen atoms in total. The molecule has 23 heavy (non-hydrogen) atoms. The van der Waals surface area contributed by atoms with Crippen molar-refractivity contribution in [1.29, 1.82) is 0 Å². The van der Waals surface area contributed by atoms with Crippen LogP contribution in [-0.2, 0) is 9.47 Å². The minimum absolute atomic E-state index is 0.0793. The topological polar surface area (TPSA) is 35.5 Å². The average Bonchev–Trinajstić information content (AvgIpc) is 2.29. The molecule has 0 amide bonds. The number of hydrogen-bond donors (Lipinski definition) is 0. The number of allylic oxidation sites excluding steroid dienone is 4. The van der Waals surface area contributed by atoms with Gasteiger partial charge in [-0.3, -0.25) is 0 Å². The van der Waals surface area contributed by atoms with E-state index in [0.29, 0.717) is 12.5 Å². The van der Waals surface area contributed by atoms with E-state index < -0.39 is 11.8 Å². The number of rotatable bonds is 7. The van der Waals surface area contributed by atoms with Crippen LogP contribution in [0.25, 0.3) is 0 Å². The lowest BCUT2D eigenvalue weighted by molar-refractivity contribution is -0.0346. The summed E-state index contributed by atoms with van der Waals surface area (Å²) < 4.78 is 10.6. The summed E-state index contributed by atoms with van der Waals surface area (Å²) in [6.07, 6.45) is 8.60. The average molecular weight is 325 g/mol. The van der Waals surface area contributed by atoms with Gasteiger partial charge in [-0.2, -0.15) is 0 Å². The van der Waals surface area contributed by atoms with Crippen LogP contribution in [0.15, 0.2) is 24.3 Å². The van der Waals surface area contributed by atoms with Crippen LogP contribution in [0.3, 0.4) is 0 Å². The van der Waals surface area contributed by atoms with Gasteiger partial charge in [-0.05, 0) is 37.0 Å². The Labute approximate surface area is 143 Å². The number of hydrogen-bond acceptors (Lipinski definition) is 3. The summed E-state index contributed by atoms with van der Waals surface area (Å²) in [5.74, 6) is 0.305. The van der Waals surface area contributed by atoms with E-state index >= 15 is 0 Å². The lowest BCUT2D eigenvalue weighted by atomic mass is 9.81. The summed E-state index contributed by atoms with van der Waals surface area (Å²) in [5.41, 5.74) is -0.475. The van der Waals surface area contributed by atoms with Crippen LogP contribution >= 0.6 is 0 Å². The molecule has 0 radical (unpaired) electrons. The summed E-state index contributed by atoms with van der Waals surface area (Å²) in [6.45, 7) is 19.0. The van der Waals surface area contributed by atoms with Gasteiger partial charge in [0.2, 0.25) is 0 Å². The summed E-state index contributed by atoms with van der Waals surface area (Å²) in [4.78, 5) is 11.7. The zero-order valence-electron chi connectivity index (χ0n) is 16.5. The molecule has 0 aliphatic heterocycles. The van der Waals surface area contributed by atoms with E-state index in [1.165, 1.54) is 0 Å². The Morgan fingerprint density at radius 2 is 1.48 bits per heavy atom. The van der Waals surface area contributed by atoms with Gasteiger partial charge in [0, 0.05) is 0 Å². The molecule has 3 heteroatoms. The standard InChI is InChI=1S/C20H36O3/c1-16(2)14-22-17(21)23-20(8,9)15-19(6,7)13-11-10-12-18(3,4)5/h10-13,16H,14-15H2,1-9H3/b12-10+,13-11-. The highest BCUT2D eigenvalue weighted by atomic mass is 16.7. The molecule has 0 saturated carbocycles. The van der Waals surface area contributed by atoms with E-state index in [1.54, 1.807) is 0 Å². The Morgan fingerprint density at radius 3 is 1.96 bits per heavy atom. The molecular weight excluding hydrogens is 288 g/mol. The first-order chi connectivity index (χ1) is 10.2. The molecule has 0 aromatic carbocycles. The summed E-state index contributed by atoms with van der Waals surface area (Å²) in [7, 11) is 0. The zero-order valence-corrected chi connectivity index (χ0v) is 16.5. The molecule has 0 aromatic heterocycles. The van der Waals surface area contributed by atoms with Gasteiger partial charge in [0.1, 0.15) is 5.60 Å².